The maximum absolute atomic E-state index is 4.30. The zero-order chi connectivity index (χ0) is 9.38. The lowest BCUT2D eigenvalue weighted by Crippen LogP contribution is -2.40. The van der Waals surface area contributed by atoms with Gasteiger partial charge in [-0.05, 0) is 31.3 Å². The maximum atomic E-state index is 4.30. The van der Waals surface area contributed by atoms with Crippen LogP contribution in [-0.4, -0.2) is 36.1 Å². The molecule has 76 valence electrons. The van der Waals surface area contributed by atoms with Crippen LogP contribution in [0.2, 0.25) is 0 Å². The van der Waals surface area contributed by atoms with E-state index in [0.717, 1.165) is 30.9 Å². The summed E-state index contributed by atoms with van der Waals surface area (Å²) in [6.07, 6.45) is 5.03. The molecule has 14 heavy (non-hydrogen) atoms. The molecule has 3 heterocycles. The second-order valence-corrected chi connectivity index (χ2v) is 4.33. The summed E-state index contributed by atoms with van der Waals surface area (Å²) in [5, 5.41) is 3.47. The van der Waals surface area contributed by atoms with Gasteiger partial charge in [0, 0.05) is 25.5 Å². The molecule has 2 aliphatic rings. The van der Waals surface area contributed by atoms with Crippen LogP contribution in [0.5, 0.6) is 0 Å². The summed E-state index contributed by atoms with van der Waals surface area (Å²) < 4.78 is 0. The SMILES string of the molecule is c1c[nH]c(N2CCC3CNCC3C2)n1. The molecule has 1 aromatic rings. The molecule has 2 atom stereocenters. The van der Waals surface area contributed by atoms with Crippen molar-refractivity contribution in [1.82, 2.24) is 15.3 Å². The van der Waals surface area contributed by atoms with Crippen molar-refractivity contribution >= 4 is 5.95 Å². The third kappa shape index (κ3) is 1.30. The average Bonchev–Trinajstić information content (AvgIpc) is 2.88. The molecule has 2 aliphatic heterocycles. The molecule has 0 bridgehead atoms. The Morgan fingerprint density at radius 3 is 3.14 bits per heavy atom. The highest BCUT2D eigenvalue weighted by atomic mass is 15.3. The summed E-state index contributed by atoms with van der Waals surface area (Å²) in [5.74, 6) is 2.77. The smallest absolute Gasteiger partial charge is 0.202 e. The molecule has 0 amide bonds. The molecule has 0 aromatic carbocycles. The van der Waals surface area contributed by atoms with Crippen molar-refractivity contribution in [2.24, 2.45) is 11.8 Å². The van der Waals surface area contributed by atoms with Gasteiger partial charge in [0.05, 0.1) is 0 Å². The van der Waals surface area contributed by atoms with Crippen LogP contribution in [-0.2, 0) is 0 Å². The number of fused-ring (bicyclic) bond motifs is 1. The molecule has 0 aliphatic carbocycles. The minimum atomic E-state index is 0.828. The van der Waals surface area contributed by atoms with Gasteiger partial charge in [0.15, 0.2) is 0 Å². The van der Waals surface area contributed by atoms with E-state index in [4.69, 9.17) is 0 Å². The summed E-state index contributed by atoms with van der Waals surface area (Å²) in [6.45, 7) is 4.71. The van der Waals surface area contributed by atoms with Crippen LogP contribution in [0.15, 0.2) is 12.4 Å². The summed E-state index contributed by atoms with van der Waals surface area (Å²) in [6, 6.07) is 0. The fraction of sp³-hybridized carbons (Fsp3) is 0.700. The molecule has 1 aromatic heterocycles. The Balaban J connectivity index is 1.73. The first-order valence-corrected chi connectivity index (χ1v) is 5.38. The predicted molar refractivity (Wildman–Crippen MR) is 55.3 cm³/mol. The fourth-order valence-corrected chi connectivity index (χ4v) is 2.66. The van der Waals surface area contributed by atoms with Gasteiger partial charge in [-0.25, -0.2) is 4.98 Å². The van der Waals surface area contributed by atoms with Crippen molar-refractivity contribution in [2.45, 2.75) is 6.42 Å². The number of aromatic amines is 1. The highest BCUT2D eigenvalue weighted by Crippen LogP contribution is 2.27. The Morgan fingerprint density at radius 2 is 2.29 bits per heavy atom. The Morgan fingerprint density at radius 1 is 1.36 bits per heavy atom. The van der Waals surface area contributed by atoms with Crippen molar-refractivity contribution in [1.29, 1.82) is 0 Å². The van der Waals surface area contributed by atoms with Crippen LogP contribution in [0.3, 0.4) is 0 Å². The first-order chi connectivity index (χ1) is 6.93. The number of rotatable bonds is 1. The number of piperidine rings is 1. The standard InChI is InChI=1S/C10H16N4/c1-4-14(10-12-2-3-13-10)7-9-6-11-5-8(1)9/h2-3,8-9,11H,1,4-7H2,(H,12,13). The zero-order valence-corrected chi connectivity index (χ0v) is 8.24. The van der Waals surface area contributed by atoms with Gasteiger partial charge >= 0.3 is 0 Å². The van der Waals surface area contributed by atoms with Gasteiger partial charge in [0.2, 0.25) is 5.95 Å². The molecule has 0 radical (unpaired) electrons. The van der Waals surface area contributed by atoms with Crippen LogP contribution >= 0.6 is 0 Å². The number of hydrogen-bond acceptors (Lipinski definition) is 3. The lowest BCUT2D eigenvalue weighted by atomic mass is 9.89. The second kappa shape index (κ2) is 3.28. The molecule has 4 heteroatoms. The van der Waals surface area contributed by atoms with Crippen molar-refractivity contribution in [2.75, 3.05) is 31.1 Å². The molecular weight excluding hydrogens is 176 g/mol. The zero-order valence-electron chi connectivity index (χ0n) is 8.24. The van der Waals surface area contributed by atoms with Gasteiger partial charge in [0.1, 0.15) is 0 Å². The summed E-state index contributed by atoms with van der Waals surface area (Å²) >= 11 is 0. The molecule has 2 saturated heterocycles. The highest BCUT2D eigenvalue weighted by molar-refractivity contribution is 5.30. The largest absolute Gasteiger partial charge is 0.342 e. The number of H-pyrrole nitrogens is 1. The Labute approximate surface area is 83.7 Å². The summed E-state index contributed by atoms with van der Waals surface area (Å²) in [7, 11) is 0. The van der Waals surface area contributed by atoms with Gasteiger partial charge in [-0.1, -0.05) is 0 Å². The van der Waals surface area contributed by atoms with Crippen molar-refractivity contribution in [3.63, 3.8) is 0 Å². The van der Waals surface area contributed by atoms with E-state index >= 15 is 0 Å². The molecule has 2 unspecified atom stereocenters. The number of nitrogens with one attached hydrogen (secondary N) is 2. The highest BCUT2D eigenvalue weighted by Gasteiger charge is 2.33. The lowest BCUT2D eigenvalue weighted by Gasteiger charge is -2.34. The first-order valence-electron chi connectivity index (χ1n) is 5.38. The Hall–Kier alpha value is -1.03. The van der Waals surface area contributed by atoms with Gasteiger partial charge < -0.3 is 15.2 Å². The van der Waals surface area contributed by atoms with Crippen LogP contribution < -0.4 is 10.2 Å². The first kappa shape index (κ1) is 8.29. The van der Waals surface area contributed by atoms with Crippen molar-refractivity contribution < 1.29 is 0 Å². The minimum absolute atomic E-state index is 0.828. The second-order valence-electron chi connectivity index (χ2n) is 4.33. The van der Waals surface area contributed by atoms with E-state index in [1.165, 1.54) is 19.5 Å². The third-order valence-electron chi connectivity index (χ3n) is 3.49. The minimum Gasteiger partial charge on any atom is -0.342 e. The Kier molecular flexibility index (Phi) is 1.94. The molecule has 0 saturated carbocycles. The molecule has 4 nitrogen and oxygen atoms in total. The molecule has 2 N–H and O–H groups in total. The average molecular weight is 192 g/mol. The third-order valence-corrected chi connectivity index (χ3v) is 3.49. The van der Waals surface area contributed by atoms with E-state index in [2.05, 4.69) is 20.2 Å². The van der Waals surface area contributed by atoms with E-state index in [0.29, 0.717) is 0 Å². The number of hydrogen-bond donors (Lipinski definition) is 2. The van der Waals surface area contributed by atoms with E-state index < -0.39 is 0 Å². The number of imidazole rings is 1. The van der Waals surface area contributed by atoms with E-state index in [9.17, 15) is 0 Å². The van der Waals surface area contributed by atoms with Crippen LogP contribution in [0.25, 0.3) is 0 Å². The lowest BCUT2D eigenvalue weighted by molar-refractivity contribution is 0.346. The molecular formula is C10H16N4. The van der Waals surface area contributed by atoms with Crippen molar-refractivity contribution in [3.8, 4) is 0 Å². The van der Waals surface area contributed by atoms with E-state index in [-0.39, 0.29) is 0 Å². The van der Waals surface area contributed by atoms with E-state index in [1.54, 1.807) is 0 Å². The molecule has 0 spiro atoms. The predicted octanol–water partition coefficient (Wildman–Crippen LogP) is 0.455. The van der Waals surface area contributed by atoms with Gasteiger partial charge in [-0.2, -0.15) is 0 Å². The van der Waals surface area contributed by atoms with Gasteiger partial charge in [-0.3, -0.25) is 0 Å². The summed E-state index contributed by atoms with van der Waals surface area (Å²) in [4.78, 5) is 9.85. The number of aromatic nitrogens is 2. The number of nitrogens with zero attached hydrogens (tertiary/aromatic N) is 2. The topological polar surface area (TPSA) is 44.0 Å². The van der Waals surface area contributed by atoms with Crippen LogP contribution in [0.4, 0.5) is 5.95 Å². The molecule has 2 fully saturated rings. The van der Waals surface area contributed by atoms with Crippen molar-refractivity contribution in [3.05, 3.63) is 12.4 Å². The number of anilines is 1. The van der Waals surface area contributed by atoms with Crippen LogP contribution in [0.1, 0.15) is 6.42 Å². The monoisotopic (exact) mass is 192 g/mol. The maximum Gasteiger partial charge on any atom is 0.202 e. The normalized spacial score (nSPS) is 31.9. The van der Waals surface area contributed by atoms with Gasteiger partial charge in [-0.15, -0.1) is 0 Å². The quantitative estimate of drug-likeness (QED) is 0.679. The van der Waals surface area contributed by atoms with E-state index in [1.807, 2.05) is 12.4 Å². The molecule has 3 rings (SSSR count). The van der Waals surface area contributed by atoms with Gasteiger partial charge in [0.25, 0.3) is 0 Å². The summed E-state index contributed by atoms with van der Waals surface area (Å²) in [5.41, 5.74) is 0. The Bertz CT molecular complexity index is 295. The van der Waals surface area contributed by atoms with Crippen LogP contribution in [0, 0.1) is 11.8 Å². The fourth-order valence-electron chi connectivity index (χ4n) is 2.66.